The van der Waals surface area contributed by atoms with Gasteiger partial charge in [0.05, 0.1) is 24.0 Å². The lowest BCUT2D eigenvalue weighted by Crippen LogP contribution is -2.76. The number of carbonyl (C=O) groups excluding carboxylic acids is 2. The highest BCUT2D eigenvalue weighted by atomic mass is 16.7. The topological polar surface area (TPSA) is 193 Å². The van der Waals surface area contributed by atoms with Crippen molar-refractivity contribution in [2.45, 2.75) is 43.0 Å². The second-order valence-corrected chi connectivity index (χ2v) is 11.1. The molecule has 7 N–H and O–H groups in total. The molecule has 0 spiro atoms. The van der Waals surface area contributed by atoms with Gasteiger partial charge in [0.25, 0.3) is 0 Å². The summed E-state index contributed by atoms with van der Waals surface area (Å²) in [6.07, 6.45) is 2.41. The van der Waals surface area contributed by atoms with Gasteiger partial charge in [-0.15, -0.1) is 0 Å². The van der Waals surface area contributed by atoms with Crippen LogP contribution in [0.1, 0.15) is 33.2 Å². The van der Waals surface area contributed by atoms with Crippen molar-refractivity contribution in [3.05, 3.63) is 88.9 Å². The third kappa shape index (κ3) is 4.03. The Morgan fingerprint density at radius 2 is 1.95 bits per heavy atom. The van der Waals surface area contributed by atoms with E-state index in [0.717, 1.165) is 0 Å². The van der Waals surface area contributed by atoms with Crippen LogP contribution in [-0.4, -0.2) is 78.4 Å². The van der Waals surface area contributed by atoms with E-state index in [1.807, 2.05) is 0 Å². The molecule has 1 aromatic heterocycles. The van der Waals surface area contributed by atoms with Crippen molar-refractivity contribution in [2.24, 2.45) is 17.8 Å². The molecule has 8 atom stereocenters. The minimum Gasteiger partial charge on any atom is -0.511 e. The van der Waals surface area contributed by atoms with Gasteiger partial charge < -0.3 is 40.7 Å². The Hall–Kier alpha value is -3.87. The first kappa shape index (κ1) is 27.3. The van der Waals surface area contributed by atoms with Gasteiger partial charge in [0.2, 0.25) is 6.29 Å². The molecule has 1 saturated heterocycles. The fraction of sp³-hybridized carbons (Fsp3) is 0.367. The first-order valence-corrected chi connectivity index (χ1v) is 13.2. The molecular weight excluding hydrogens is 532 g/mol. The van der Waals surface area contributed by atoms with E-state index in [4.69, 9.17) is 15.2 Å². The molecule has 0 radical (unpaired) electrons. The molecule has 0 unspecified atom stereocenters. The minimum atomic E-state index is -2.26. The molecule has 2 aromatic rings. The van der Waals surface area contributed by atoms with Crippen LogP contribution in [0.15, 0.2) is 72.2 Å². The van der Waals surface area contributed by atoms with Gasteiger partial charge in [0.15, 0.2) is 11.6 Å². The molecule has 2 heterocycles. The number of nitrogens with zero attached hydrogens (tertiary/aromatic N) is 1. The quantitative estimate of drug-likeness (QED) is 0.285. The lowest BCUT2D eigenvalue weighted by Gasteiger charge is -2.57. The minimum absolute atomic E-state index is 0.0849. The molecule has 4 aliphatic rings. The highest BCUT2D eigenvalue weighted by Gasteiger charge is 2.66. The lowest BCUT2D eigenvalue weighted by atomic mass is 9.64. The van der Waals surface area contributed by atoms with Gasteiger partial charge in [-0.2, -0.15) is 0 Å². The Morgan fingerprint density at radius 3 is 2.68 bits per heavy atom. The third-order valence-electron chi connectivity index (χ3n) is 8.58. The first-order valence-electron chi connectivity index (χ1n) is 13.2. The molecule has 41 heavy (non-hydrogen) atoms. The molecule has 2 bridgehead atoms. The Labute approximate surface area is 234 Å². The van der Waals surface area contributed by atoms with Crippen LogP contribution in [0.2, 0.25) is 0 Å². The van der Waals surface area contributed by atoms with Gasteiger partial charge in [-0.3, -0.25) is 9.59 Å². The maximum absolute atomic E-state index is 13.6. The standard InChI is InChI=1S/C30H30N2O9/c1-14-9-18-22(19(34)10-14)25(36)23-17(24(18)35)3-2-4-20(23)40-27-26(37)30(39)16(11-15-6-8-32-21(31)12-15)5-7-29(13-33,41-27)28(30)38/h2-10,12,16,18,22,26-28,33-34,37-39H,11,13H2,1H3,(H2,31,32)/t16-,18+,22+,26+,27-,28-,29-,30-/m1/s1. The molecule has 11 heteroatoms. The van der Waals surface area contributed by atoms with Crippen LogP contribution in [-0.2, 0) is 11.2 Å². The number of nitrogens with two attached hydrogens (primary N) is 1. The van der Waals surface area contributed by atoms with Gasteiger partial charge in [-0.25, -0.2) is 4.98 Å². The Morgan fingerprint density at radius 1 is 1.17 bits per heavy atom. The van der Waals surface area contributed by atoms with E-state index in [0.29, 0.717) is 11.1 Å². The number of aliphatic hydroxyl groups is 5. The van der Waals surface area contributed by atoms with Crippen LogP contribution in [0.4, 0.5) is 5.82 Å². The van der Waals surface area contributed by atoms with Crippen LogP contribution in [0.5, 0.6) is 5.75 Å². The van der Waals surface area contributed by atoms with E-state index in [1.54, 1.807) is 31.2 Å². The zero-order chi connectivity index (χ0) is 29.3. The summed E-state index contributed by atoms with van der Waals surface area (Å²) < 4.78 is 11.9. The summed E-state index contributed by atoms with van der Waals surface area (Å²) in [7, 11) is 0. The van der Waals surface area contributed by atoms with E-state index in [1.165, 1.54) is 36.5 Å². The Kier molecular flexibility index (Phi) is 6.40. The van der Waals surface area contributed by atoms with Gasteiger partial charge in [0, 0.05) is 17.7 Å². The van der Waals surface area contributed by atoms with Crippen LogP contribution in [0.3, 0.4) is 0 Å². The highest BCUT2D eigenvalue weighted by Crippen LogP contribution is 2.48. The van der Waals surface area contributed by atoms with Gasteiger partial charge in [-0.05, 0) is 43.2 Å². The predicted octanol–water partition coefficient (Wildman–Crippen LogP) is 1.02. The van der Waals surface area contributed by atoms with Crippen molar-refractivity contribution in [1.82, 2.24) is 4.98 Å². The zero-order valence-electron chi connectivity index (χ0n) is 22.0. The molecule has 1 fully saturated rings. The zero-order valence-corrected chi connectivity index (χ0v) is 22.0. The monoisotopic (exact) mass is 562 g/mol. The molecular formula is C30H30N2O9. The van der Waals surface area contributed by atoms with Crippen molar-refractivity contribution in [3.8, 4) is 5.75 Å². The van der Waals surface area contributed by atoms with Gasteiger partial charge in [0.1, 0.15) is 40.7 Å². The van der Waals surface area contributed by atoms with Crippen molar-refractivity contribution in [1.29, 1.82) is 0 Å². The summed E-state index contributed by atoms with van der Waals surface area (Å²) in [5.41, 5.74) is 3.03. The van der Waals surface area contributed by atoms with E-state index >= 15 is 0 Å². The van der Waals surface area contributed by atoms with E-state index < -0.39 is 59.8 Å². The van der Waals surface area contributed by atoms with Gasteiger partial charge in [-0.1, -0.05) is 35.9 Å². The van der Waals surface area contributed by atoms with Crippen LogP contribution in [0, 0.1) is 17.8 Å². The normalized spacial score (nSPS) is 35.7. The number of ketones is 2. The molecule has 1 aliphatic heterocycles. The number of nitrogen functional groups attached to an aromatic ring is 1. The van der Waals surface area contributed by atoms with Gasteiger partial charge >= 0.3 is 0 Å². The summed E-state index contributed by atoms with van der Waals surface area (Å²) in [4.78, 5) is 31.0. The average molecular weight is 563 g/mol. The Balaban J connectivity index is 1.37. The molecule has 3 aliphatic carbocycles. The number of hydrogen-bond acceptors (Lipinski definition) is 11. The predicted molar refractivity (Wildman–Crippen MR) is 144 cm³/mol. The van der Waals surface area contributed by atoms with Crippen molar-refractivity contribution in [2.75, 3.05) is 12.3 Å². The number of hydrogen-bond donors (Lipinski definition) is 6. The number of fused-ring (bicyclic) bond motifs is 4. The third-order valence-corrected chi connectivity index (χ3v) is 8.58. The lowest BCUT2D eigenvalue weighted by molar-refractivity contribution is -0.349. The summed E-state index contributed by atoms with van der Waals surface area (Å²) in [6, 6.07) is 7.69. The van der Waals surface area contributed by atoms with Crippen molar-refractivity contribution >= 4 is 17.4 Å². The average Bonchev–Trinajstić information content (AvgIpc) is 2.94. The van der Waals surface area contributed by atoms with Crippen molar-refractivity contribution in [3.63, 3.8) is 0 Å². The fourth-order valence-electron chi connectivity index (χ4n) is 6.48. The summed E-state index contributed by atoms with van der Waals surface area (Å²) in [5, 5.41) is 55.4. The number of anilines is 1. The maximum Gasteiger partial charge on any atom is 0.230 e. The number of ether oxygens (including phenoxy) is 2. The number of aromatic nitrogens is 1. The summed E-state index contributed by atoms with van der Waals surface area (Å²) >= 11 is 0. The number of pyridine rings is 1. The number of benzene rings is 1. The molecule has 0 saturated carbocycles. The fourth-order valence-corrected chi connectivity index (χ4v) is 6.48. The van der Waals surface area contributed by atoms with E-state index in [-0.39, 0.29) is 40.7 Å². The molecule has 6 rings (SSSR count). The molecule has 1 aromatic carbocycles. The molecule has 11 nitrogen and oxygen atoms in total. The second kappa shape index (κ2) is 9.61. The first-order chi connectivity index (χ1) is 19.5. The Bertz CT molecular complexity index is 1530. The number of Topliss-reactive ketones (excluding diaryl/α,β-unsaturated/α-hetero) is 2. The second-order valence-electron chi connectivity index (χ2n) is 11.1. The smallest absolute Gasteiger partial charge is 0.230 e. The summed E-state index contributed by atoms with van der Waals surface area (Å²) in [5.74, 6) is -3.88. The SMILES string of the molecule is CC1=C[C@@H]2C(=O)c3cccc(O[C@@H]4O[C@@]5(CO)C=C[C@H](Cc6ccnc(N)c6)[C@@](O)([C@H]4O)[C@@H]5O)c3C(=O)[C@@H]2C(O)=C1. The van der Waals surface area contributed by atoms with E-state index in [9.17, 15) is 35.1 Å². The van der Waals surface area contributed by atoms with Crippen molar-refractivity contribution < 1.29 is 44.6 Å². The molecule has 0 amide bonds. The number of aliphatic hydroxyl groups excluding tert-OH is 4. The largest absolute Gasteiger partial charge is 0.511 e. The number of allylic oxidation sites excluding steroid dienone is 4. The number of rotatable bonds is 5. The number of carbonyl (C=O) groups is 2. The van der Waals surface area contributed by atoms with Crippen LogP contribution in [0.25, 0.3) is 0 Å². The van der Waals surface area contributed by atoms with E-state index in [2.05, 4.69) is 4.98 Å². The highest BCUT2D eigenvalue weighted by molar-refractivity contribution is 6.19. The van der Waals surface area contributed by atoms with Crippen LogP contribution >= 0.6 is 0 Å². The summed E-state index contributed by atoms with van der Waals surface area (Å²) in [6.45, 7) is 0.965. The maximum atomic E-state index is 13.6. The molecule has 214 valence electrons. The van der Waals surface area contributed by atoms with Crippen LogP contribution < -0.4 is 10.5 Å².